The molecule has 2 aromatic heterocycles. The maximum absolute atomic E-state index is 15.0. The first kappa shape index (κ1) is 25.2. The Hall–Kier alpha value is -4.11. The molecule has 3 aromatic carbocycles. The lowest BCUT2D eigenvalue weighted by Crippen LogP contribution is -2.32. The van der Waals surface area contributed by atoms with Gasteiger partial charge in [0.15, 0.2) is 11.6 Å². The standard InChI is InChI=1S/C30H25F4N3O2/c1-30(9-12-39-28-17(8-11-38)3-2-4-21(28)30)23-15-36-29(37-23)19-13-16(5-6-22(19)31)14-20-24(32)18-7-10-35-27(18)26(34)25(20)33/h2-7,10,13,15,35,38H,8-9,11-12,14H2,1H3,(H,36,37). The number of halogens is 4. The average molecular weight is 536 g/mol. The summed E-state index contributed by atoms with van der Waals surface area (Å²) in [4.78, 5) is 10.2. The normalized spacial score (nSPS) is 16.9. The zero-order valence-corrected chi connectivity index (χ0v) is 21.0. The fraction of sp³-hybridized carbons (Fsp3) is 0.233. The van der Waals surface area contributed by atoms with E-state index in [-0.39, 0.29) is 35.3 Å². The van der Waals surface area contributed by atoms with Gasteiger partial charge >= 0.3 is 0 Å². The highest BCUT2D eigenvalue weighted by Crippen LogP contribution is 2.45. The summed E-state index contributed by atoms with van der Waals surface area (Å²) in [6.45, 7) is 2.52. The third-order valence-electron chi connectivity index (χ3n) is 7.68. The first-order valence-electron chi connectivity index (χ1n) is 12.6. The predicted octanol–water partition coefficient (Wildman–Crippen LogP) is 6.33. The van der Waals surface area contributed by atoms with Crippen molar-refractivity contribution in [1.82, 2.24) is 15.0 Å². The van der Waals surface area contributed by atoms with Gasteiger partial charge < -0.3 is 19.8 Å². The van der Waals surface area contributed by atoms with Crippen molar-refractivity contribution < 1.29 is 27.4 Å². The number of nitrogens with one attached hydrogen (secondary N) is 2. The van der Waals surface area contributed by atoms with Crippen LogP contribution in [0, 0.1) is 23.3 Å². The van der Waals surface area contributed by atoms with Gasteiger partial charge in [-0.3, -0.25) is 0 Å². The van der Waals surface area contributed by atoms with Crippen molar-refractivity contribution in [2.24, 2.45) is 0 Å². The van der Waals surface area contributed by atoms with Crippen LogP contribution in [0.1, 0.15) is 41.3 Å². The van der Waals surface area contributed by atoms with E-state index in [1.54, 1.807) is 6.20 Å². The van der Waals surface area contributed by atoms with E-state index in [0.717, 1.165) is 22.6 Å². The van der Waals surface area contributed by atoms with Gasteiger partial charge in [-0.15, -0.1) is 0 Å². The molecule has 0 radical (unpaired) electrons. The van der Waals surface area contributed by atoms with Crippen molar-refractivity contribution in [3.63, 3.8) is 0 Å². The molecule has 9 heteroatoms. The summed E-state index contributed by atoms with van der Waals surface area (Å²) >= 11 is 0. The maximum Gasteiger partial charge on any atom is 0.183 e. The number of H-pyrrole nitrogens is 2. The van der Waals surface area contributed by atoms with Crippen molar-refractivity contribution >= 4 is 10.9 Å². The minimum Gasteiger partial charge on any atom is -0.493 e. The predicted molar refractivity (Wildman–Crippen MR) is 139 cm³/mol. The van der Waals surface area contributed by atoms with Crippen LogP contribution in [0.3, 0.4) is 0 Å². The number of nitrogens with zero attached hydrogens (tertiary/aromatic N) is 1. The minimum absolute atomic E-state index is 0.000162. The van der Waals surface area contributed by atoms with Gasteiger partial charge in [0.05, 0.1) is 17.7 Å². The molecule has 200 valence electrons. The number of para-hydroxylation sites is 1. The molecule has 1 aliphatic heterocycles. The second kappa shape index (κ2) is 9.57. The largest absolute Gasteiger partial charge is 0.493 e. The molecule has 1 unspecified atom stereocenters. The van der Waals surface area contributed by atoms with Crippen LogP contribution in [0.5, 0.6) is 5.75 Å². The molecule has 1 atom stereocenters. The van der Waals surface area contributed by atoms with Crippen LogP contribution < -0.4 is 4.74 Å². The third kappa shape index (κ3) is 4.08. The summed E-state index contributed by atoms with van der Waals surface area (Å²) < 4.78 is 65.2. The SMILES string of the molecule is CC1(c2cnc(-c3cc(Cc4c(F)c(F)c5[nH]ccc5c4F)ccc3F)[nH]2)CCOc2c(CCO)cccc21. The lowest BCUT2D eigenvalue weighted by molar-refractivity contribution is 0.235. The molecule has 0 fully saturated rings. The molecule has 1 aliphatic rings. The highest BCUT2D eigenvalue weighted by Gasteiger charge is 2.37. The molecule has 5 nitrogen and oxygen atoms in total. The summed E-state index contributed by atoms with van der Waals surface area (Å²) in [6, 6.07) is 11.3. The van der Waals surface area contributed by atoms with E-state index in [0.29, 0.717) is 25.0 Å². The van der Waals surface area contributed by atoms with E-state index >= 15 is 4.39 Å². The molecule has 0 aliphatic carbocycles. The van der Waals surface area contributed by atoms with Crippen molar-refractivity contribution in [2.75, 3.05) is 13.2 Å². The molecular weight excluding hydrogens is 510 g/mol. The van der Waals surface area contributed by atoms with Crippen LogP contribution in [0.4, 0.5) is 17.6 Å². The van der Waals surface area contributed by atoms with E-state index < -0.39 is 34.2 Å². The Morgan fingerprint density at radius 2 is 1.90 bits per heavy atom. The van der Waals surface area contributed by atoms with Crippen LogP contribution >= 0.6 is 0 Å². The maximum atomic E-state index is 15.0. The van der Waals surface area contributed by atoms with Crippen LogP contribution in [0.25, 0.3) is 22.3 Å². The van der Waals surface area contributed by atoms with Gasteiger partial charge in [-0.2, -0.15) is 0 Å². The van der Waals surface area contributed by atoms with Gasteiger partial charge in [0.2, 0.25) is 0 Å². The lowest BCUT2D eigenvalue weighted by Gasteiger charge is -2.36. The number of aromatic amines is 2. The van der Waals surface area contributed by atoms with Crippen molar-refractivity contribution in [1.29, 1.82) is 0 Å². The van der Waals surface area contributed by atoms with Gasteiger partial charge in [0, 0.05) is 53.0 Å². The first-order valence-corrected chi connectivity index (χ1v) is 12.6. The Balaban J connectivity index is 1.36. The molecule has 3 heterocycles. The van der Waals surface area contributed by atoms with E-state index in [2.05, 4.69) is 21.9 Å². The number of aliphatic hydroxyl groups is 1. The molecule has 0 bridgehead atoms. The van der Waals surface area contributed by atoms with Gasteiger partial charge in [-0.1, -0.05) is 24.3 Å². The fourth-order valence-electron chi connectivity index (χ4n) is 5.48. The topological polar surface area (TPSA) is 73.9 Å². The fourth-order valence-corrected chi connectivity index (χ4v) is 5.48. The van der Waals surface area contributed by atoms with Gasteiger partial charge in [-0.05, 0) is 49.1 Å². The smallest absolute Gasteiger partial charge is 0.183 e. The van der Waals surface area contributed by atoms with Crippen molar-refractivity contribution in [2.45, 2.75) is 31.6 Å². The van der Waals surface area contributed by atoms with Gasteiger partial charge in [0.25, 0.3) is 0 Å². The summed E-state index contributed by atoms with van der Waals surface area (Å²) in [5, 5.41) is 9.40. The zero-order valence-electron chi connectivity index (χ0n) is 21.0. The number of aromatic nitrogens is 3. The Bertz CT molecular complexity index is 1710. The Labute approximate surface area is 221 Å². The number of benzene rings is 3. The number of imidazole rings is 1. The highest BCUT2D eigenvalue weighted by atomic mass is 19.2. The van der Waals surface area contributed by atoms with Crippen LogP contribution in [-0.4, -0.2) is 33.3 Å². The molecule has 6 rings (SSSR count). The molecule has 0 saturated carbocycles. The van der Waals surface area contributed by atoms with E-state index in [9.17, 15) is 18.3 Å². The van der Waals surface area contributed by atoms with E-state index in [1.165, 1.54) is 30.5 Å². The molecular formula is C30H25F4N3O2. The molecule has 3 N–H and O–H groups in total. The second-order valence-corrected chi connectivity index (χ2v) is 10.0. The first-order chi connectivity index (χ1) is 18.8. The summed E-state index contributed by atoms with van der Waals surface area (Å²) in [5.41, 5.74) is 1.97. The zero-order chi connectivity index (χ0) is 27.3. The van der Waals surface area contributed by atoms with Crippen molar-refractivity contribution in [3.05, 3.63) is 106 Å². The molecule has 5 aromatic rings. The summed E-state index contributed by atoms with van der Waals surface area (Å²) in [6.07, 6.45) is 3.85. The second-order valence-electron chi connectivity index (χ2n) is 10.0. The van der Waals surface area contributed by atoms with Crippen LogP contribution in [-0.2, 0) is 18.3 Å². The van der Waals surface area contributed by atoms with Crippen LogP contribution in [0.15, 0.2) is 54.9 Å². The Morgan fingerprint density at radius 1 is 1.05 bits per heavy atom. The number of hydrogen-bond donors (Lipinski definition) is 3. The molecule has 0 saturated heterocycles. The Morgan fingerprint density at radius 3 is 2.72 bits per heavy atom. The molecule has 0 amide bonds. The Kier molecular flexibility index (Phi) is 6.18. The summed E-state index contributed by atoms with van der Waals surface area (Å²) in [7, 11) is 0. The summed E-state index contributed by atoms with van der Waals surface area (Å²) in [5.74, 6) is -2.85. The number of ether oxygens (including phenoxy) is 1. The van der Waals surface area contributed by atoms with Gasteiger partial charge in [-0.25, -0.2) is 22.5 Å². The van der Waals surface area contributed by atoms with E-state index in [1.807, 2.05) is 18.2 Å². The lowest BCUT2D eigenvalue weighted by atomic mass is 9.74. The molecule has 0 spiro atoms. The van der Waals surface area contributed by atoms with Crippen LogP contribution in [0.2, 0.25) is 0 Å². The molecule has 39 heavy (non-hydrogen) atoms. The average Bonchev–Trinajstić information content (AvgIpc) is 3.63. The number of fused-ring (bicyclic) bond motifs is 2. The number of rotatable bonds is 6. The van der Waals surface area contributed by atoms with E-state index in [4.69, 9.17) is 4.74 Å². The quantitative estimate of drug-likeness (QED) is 0.176. The minimum atomic E-state index is -1.28. The monoisotopic (exact) mass is 535 g/mol. The third-order valence-corrected chi connectivity index (χ3v) is 7.68. The van der Waals surface area contributed by atoms with Gasteiger partial charge in [0.1, 0.15) is 23.2 Å². The highest BCUT2D eigenvalue weighted by molar-refractivity contribution is 5.82. The number of aliphatic hydroxyl groups excluding tert-OH is 1. The number of hydrogen-bond acceptors (Lipinski definition) is 3. The van der Waals surface area contributed by atoms with Crippen molar-refractivity contribution in [3.8, 4) is 17.1 Å².